The fraction of sp³-hybridized carbons (Fsp3) is 0.125. The lowest BCUT2D eigenvalue weighted by atomic mass is 10.3. The van der Waals surface area contributed by atoms with E-state index >= 15 is 0 Å². The summed E-state index contributed by atoms with van der Waals surface area (Å²) >= 11 is 0. The zero-order chi connectivity index (χ0) is 9.97. The van der Waals surface area contributed by atoms with Crippen LogP contribution in [-0.4, -0.2) is 31.1 Å². The third-order valence-electron chi connectivity index (χ3n) is 1.71. The molecular weight excluding hydrogens is 184 g/mol. The molecule has 6 nitrogen and oxygen atoms in total. The highest BCUT2D eigenvalue weighted by Crippen LogP contribution is 2.03. The lowest BCUT2D eigenvalue weighted by Gasteiger charge is -1.94. The molecule has 0 aliphatic heterocycles. The van der Waals surface area contributed by atoms with Gasteiger partial charge in [-0.1, -0.05) is 0 Å². The maximum Gasteiger partial charge on any atom is 0.309 e. The topological polar surface area (TPSA) is 83.8 Å². The van der Waals surface area contributed by atoms with Crippen molar-refractivity contribution in [3.8, 4) is 5.82 Å². The number of carboxylic acids is 1. The van der Waals surface area contributed by atoms with Crippen LogP contribution in [-0.2, 0) is 11.2 Å². The zero-order valence-electron chi connectivity index (χ0n) is 7.21. The van der Waals surface area contributed by atoms with Crippen LogP contribution in [0.5, 0.6) is 0 Å². The summed E-state index contributed by atoms with van der Waals surface area (Å²) in [5.74, 6) is -0.179. The van der Waals surface area contributed by atoms with E-state index in [0.29, 0.717) is 11.5 Å². The third-order valence-corrected chi connectivity index (χ3v) is 1.71. The Morgan fingerprint density at radius 1 is 1.57 bits per heavy atom. The Balaban J connectivity index is 2.22. The first kappa shape index (κ1) is 8.49. The second kappa shape index (κ2) is 3.33. The SMILES string of the molecule is O=C(O)Cc1ccn(-c2ccn[nH]2)n1. The van der Waals surface area contributed by atoms with Gasteiger partial charge in [-0.05, 0) is 6.07 Å². The summed E-state index contributed by atoms with van der Waals surface area (Å²) in [6.45, 7) is 0. The van der Waals surface area contributed by atoms with Crippen molar-refractivity contribution < 1.29 is 9.90 Å². The minimum Gasteiger partial charge on any atom is -0.481 e. The minimum atomic E-state index is -0.889. The average Bonchev–Trinajstić information content (AvgIpc) is 2.69. The highest BCUT2D eigenvalue weighted by Gasteiger charge is 2.05. The predicted octanol–water partition coefficient (Wildman–Crippen LogP) is 0.222. The number of aromatic nitrogens is 4. The molecule has 2 aromatic heterocycles. The van der Waals surface area contributed by atoms with Crippen LogP contribution in [0.2, 0.25) is 0 Å². The third kappa shape index (κ3) is 1.63. The Labute approximate surface area is 79.2 Å². The maximum absolute atomic E-state index is 10.4. The van der Waals surface area contributed by atoms with Gasteiger partial charge in [0.1, 0.15) is 5.82 Å². The molecule has 0 aliphatic rings. The summed E-state index contributed by atoms with van der Waals surface area (Å²) in [6.07, 6.45) is 3.22. The molecule has 2 aromatic rings. The molecule has 0 bridgehead atoms. The number of nitrogens with zero attached hydrogens (tertiary/aromatic N) is 3. The molecule has 0 saturated heterocycles. The lowest BCUT2D eigenvalue weighted by Crippen LogP contribution is -2.02. The number of rotatable bonds is 3. The number of hydrogen-bond donors (Lipinski definition) is 2. The van der Waals surface area contributed by atoms with Gasteiger partial charge in [0.15, 0.2) is 0 Å². The van der Waals surface area contributed by atoms with E-state index in [1.807, 2.05) is 0 Å². The number of carboxylic acid groups (broad SMARTS) is 1. The van der Waals surface area contributed by atoms with E-state index in [1.165, 1.54) is 0 Å². The molecule has 0 fully saturated rings. The van der Waals surface area contributed by atoms with Crippen LogP contribution in [0.3, 0.4) is 0 Å². The van der Waals surface area contributed by atoms with Crippen molar-refractivity contribution in [2.24, 2.45) is 0 Å². The zero-order valence-corrected chi connectivity index (χ0v) is 7.21. The molecule has 0 spiro atoms. The van der Waals surface area contributed by atoms with E-state index < -0.39 is 5.97 Å². The van der Waals surface area contributed by atoms with Crippen LogP contribution in [0.1, 0.15) is 5.69 Å². The van der Waals surface area contributed by atoms with Gasteiger partial charge in [-0.25, -0.2) is 4.68 Å². The highest BCUT2D eigenvalue weighted by atomic mass is 16.4. The van der Waals surface area contributed by atoms with Gasteiger partial charge < -0.3 is 5.11 Å². The lowest BCUT2D eigenvalue weighted by molar-refractivity contribution is -0.136. The molecule has 0 aromatic carbocycles. The van der Waals surface area contributed by atoms with Crippen molar-refractivity contribution >= 4 is 5.97 Å². The van der Waals surface area contributed by atoms with Gasteiger partial charge in [0, 0.05) is 12.3 Å². The Kier molecular flexibility index (Phi) is 2.02. The first-order valence-corrected chi connectivity index (χ1v) is 4.02. The standard InChI is InChI=1S/C8H8N4O2/c13-8(14)5-6-2-4-12(11-6)7-1-3-9-10-7/h1-4H,5H2,(H,9,10)(H,13,14). The number of aliphatic carboxylic acids is 1. The molecule has 14 heavy (non-hydrogen) atoms. The van der Waals surface area contributed by atoms with Crippen LogP contribution in [0.4, 0.5) is 0 Å². The van der Waals surface area contributed by atoms with Gasteiger partial charge in [-0.15, -0.1) is 0 Å². The van der Waals surface area contributed by atoms with Crippen LogP contribution in [0, 0.1) is 0 Å². The largest absolute Gasteiger partial charge is 0.481 e. The van der Waals surface area contributed by atoms with Crippen molar-refractivity contribution in [1.29, 1.82) is 0 Å². The van der Waals surface area contributed by atoms with E-state index in [4.69, 9.17) is 5.11 Å². The Morgan fingerprint density at radius 3 is 3.07 bits per heavy atom. The quantitative estimate of drug-likeness (QED) is 0.728. The van der Waals surface area contributed by atoms with E-state index in [1.54, 1.807) is 29.2 Å². The minimum absolute atomic E-state index is 0.0683. The van der Waals surface area contributed by atoms with E-state index in [0.717, 1.165) is 0 Å². The number of nitrogens with one attached hydrogen (secondary N) is 1. The predicted molar refractivity (Wildman–Crippen MR) is 47.0 cm³/mol. The van der Waals surface area contributed by atoms with Crippen molar-refractivity contribution in [2.45, 2.75) is 6.42 Å². The Bertz CT molecular complexity index is 432. The molecule has 72 valence electrons. The molecule has 0 radical (unpaired) electrons. The first-order chi connectivity index (χ1) is 6.75. The summed E-state index contributed by atoms with van der Waals surface area (Å²) < 4.78 is 1.55. The molecular formula is C8H8N4O2. The Hall–Kier alpha value is -2.11. The van der Waals surface area contributed by atoms with Gasteiger partial charge in [0.05, 0.1) is 18.3 Å². The fourth-order valence-corrected chi connectivity index (χ4v) is 1.12. The molecule has 2 N–H and O–H groups in total. The summed E-state index contributed by atoms with van der Waals surface area (Å²) in [6, 6.07) is 3.41. The van der Waals surface area contributed by atoms with Gasteiger partial charge >= 0.3 is 5.97 Å². The highest BCUT2D eigenvalue weighted by molar-refractivity contribution is 5.69. The summed E-state index contributed by atoms with van der Waals surface area (Å²) in [4.78, 5) is 10.4. The van der Waals surface area contributed by atoms with Crippen molar-refractivity contribution in [3.05, 3.63) is 30.2 Å². The molecule has 0 atom stereocenters. The molecule has 0 saturated carbocycles. The van der Waals surface area contributed by atoms with Crippen molar-refractivity contribution in [2.75, 3.05) is 0 Å². The van der Waals surface area contributed by atoms with Crippen molar-refractivity contribution in [1.82, 2.24) is 20.0 Å². The molecule has 0 aliphatic carbocycles. The number of H-pyrrole nitrogens is 1. The van der Waals surface area contributed by atoms with E-state index in [-0.39, 0.29) is 6.42 Å². The van der Waals surface area contributed by atoms with Crippen molar-refractivity contribution in [3.63, 3.8) is 0 Å². The van der Waals surface area contributed by atoms with E-state index in [9.17, 15) is 4.79 Å². The second-order valence-corrected chi connectivity index (χ2v) is 2.76. The molecule has 0 amide bonds. The number of carbonyl (C=O) groups is 1. The maximum atomic E-state index is 10.4. The first-order valence-electron chi connectivity index (χ1n) is 4.02. The van der Waals surface area contributed by atoms with Gasteiger partial charge in [-0.2, -0.15) is 10.2 Å². The average molecular weight is 192 g/mol. The molecule has 0 unspecified atom stereocenters. The summed E-state index contributed by atoms with van der Waals surface area (Å²) in [5, 5.41) is 19.1. The smallest absolute Gasteiger partial charge is 0.309 e. The van der Waals surface area contributed by atoms with Crippen LogP contribution in [0.25, 0.3) is 5.82 Å². The van der Waals surface area contributed by atoms with Gasteiger partial charge in [-0.3, -0.25) is 9.89 Å². The monoisotopic (exact) mass is 192 g/mol. The number of hydrogen-bond acceptors (Lipinski definition) is 3. The molecule has 2 rings (SSSR count). The van der Waals surface area contributed by atoms with Crippen LogP contribution >= 0.6 is 0 Å². The van der Waals surface area contributed by atoms with Crippen LogP contribution in [0.15, 0.2) is 24.5 Å². The van der Waals surface area contributed by atoms with Gasteiger partial charge in [0.25, 0.3) is 0 Å². The summed E-state index contributed by atoms with van der Waals surface area (Å²) in [7, 11) is 0. The second-order valence-electron chi connectivity index (χ2n) is 2.76. The molecule has 6 heteroatoms. The Morgan fingerprint density at radius 2 is 2.43 bits per heavy atom. The van der Waals surface area contributed by atoms with Gasteiger partial charge in [0.2, 0.25) is 0 Å². The number of aromatic amines is 1. The summed E-state index contributed by atoms with van der Waals surface area (Å²) in [5.41, 5.74) is 0.520. The van der Waals surface area contributed by atoms with Crippen LogP contribution < -0.4 is 0 Å². The molecule has 2 heterocycles. The van der Waals surface area contributed by atoms with E-state index in [2.05, 4.69) is 15.3 Å². The fourth-order valence-electron chi connectivity index (χ4n) is 1.12. The normalized spacial score (nSPS) is 10.3.